The van der Waals surface area contributed by atoms with E-state index in [4.69, 9.17) is 7.85 Å². The molecule has 0 aliphatic heterocycles. The van der Waals surface area contributed by atoms with Crippen LogP contribution in [0.25, 0.3) is 0 Å². The van der Waals surface area contributed by atoms with Gasteiger partial charge < -0.3 is 15.0 Å². The van der Waals surface area contributed by atoms with Crippen LogP contribution >= 0.6 is 0 Å². The summed E-state index contributed by atoms with van der Waals surface area (Å²) in [4.78, 5) is 11.5. The summed E-state index contributed by atoms with van der Waals surface area (Å²) in [5.41, 5.74) is -1.25. The molecule has 30 heavy (non-hydrogen) atoms. The molecule has 0 saturated heterocycles. The molecular formula is C26H41BO3. The Morgan fingerprint density at radius 1 is 1.20 bits per heavy atom. The van der Waals surface area contributed by atoms with Gasteiger partial charge >= 0.3 is 0 Å². The Morgan fingerprint density at radius 3 is 2.57 bits per heavy atom. The standard InChI is InChI=1S/C26H41BO3/c1-16(6-7-17(2)28)20-10-11-21-19-9-8-18-14-23(3,29)15-26(27,30)25(18,5)22(19)12-13-24(20,21)4/h8,16,19-22,29-30H,6-7,9-15H2,1-5H3/t16-,19?,20?,21?,22?,23-,24?,25?,26?/m1/s1. The van der Waals surface area contributed by atoms with E-state index in [0.29, 0.717) is 53.6 Å². The van der Waals surface area contributed by atoms with Crippen molar-refractivity contribution >= 4 is 13.6 Å². The molecule has 3 nitrogen and oxygen atoms in total. The van der Waals surface area contributed by atoms with Crippen molar-refractivity contribution in [3.8, 4) is 0 Å². The third-order valence-electron chi connectivity index (χ3n) is 10.3. The van der Waals surface area contributed by atoms with Crippen LogP contribution in [0.4, 0.5) is 0 Å². The number of Topliss-reactive ketones (excluding diaryl/α,β-unsaturated/α-hetero) is 1. The zero-order valence-corrected chi connectivity index (χ0v) is 19.7. The predicted molar refractivity (Wildman–Crippen MR) is 121 cm³/mol. The minimum Gasteiger partial charge on any atom is -0.399 e. The van der Waals surface area contributed by atoms with E-state index in [2.05, 4.69) is 26.8 Å². The van der Waals surface area contributed by atoms with Gasteiger partial charge in [-0.2, -0.15) is 0 Å². The van der Waals surface area contributed by atoms with E-state index in [1.807, 2.05) is 0 Å². The van der Waals surface area contributed by atoms with Crippen LogP contribution in [-0.4, -0.2) is 34.9 Å². The van der Waals surface area contributed by atoms with Crippen molar-refractivity contribution < 1.29 is 15.0 Å². The maximum Gasteiger partial charge on any atom is 0.129 e. The van der Waals surface area contributed by atoms with Crippen LogP contribution in [0.15, 0.2) is 11.6 Å². The Bertz CT molecular complexity index is 741. The molecule has 4 rings (SSSR count). The van der Waals surface area contributed by atoms with Crippen molar-refractivity contribution in [3.05, 3.63) is 11.6 Å². The number of ketones is 1. The third-order valence-corrected chi connectivity index (χ3v) is 10.3. The fourth-order valence-corrected chi connectivity index (χ4v) is 8.76. The smallest absolute Gasteiger partial charge is 0.129 e. The first kappa shape index (κ1) is 22.6. The molecule has 3 saturated carbocycles. The van der Waals surface area contributed by atoms with Crippen LogP contribution in [-0.2, 0) is 4.79 Å². The number of hydrogen-bond acceptors (Lipinski definition) is 3. The highest BCUT2D eigenvalue weighted by molar-refractivity contribution is 6.15. The van der Waals surface area contributed by atoms with Crippen LogP contribution in [0.5, 0.6) is 0 Å². The minimum atomic E-state index is -1.37. The van der Waals surface area contributed by atoms with Crippen molar-refractivity contribution in [3.63, 3.8) is 0 Å². The maximum atomic E-state index is 11.5. The van der Waals surface area contributed by atoms with Crippen LogP contribution in [0.1, 0.15) is 92.4 Å². The van der Waals surface area contributed by atoms with Crippen LogP contribution in [0, 0.1) is 40.4 Å². The molecule has 0 aromatic heterocycles. The van der Waals surface area contributed by atoms with Gasteiger partial charge in [-0.15, -0.1) is 0 Å². The molecule has 0 bridgehead atoms. The lowest BCUT2D eigenvalue weighted by Crippen LogP contribution is -2.64. The molecule has 0 aromatic carbocycles. The summed E-state index contributed by atoms with van der Waals surface area (Å²) in [7, 11) is 6.59. The average molecular weight is 412 g/mol. The Hall–Kier alpha value is -0.605. The first-order valence-electron chi connectivity index (χ1n) is 12.2. The molecular weight excluding hydrogens is 371 g/mol. The number of carbonyl (C=O) groups is 1. The van der Waals surface area contributed by atoms with Crippen molar-refractivity contribution in [1.29, 1.82) is 0 Å². The number of hydrogen-bond donors (Lipinski definition) is 2. The Kier molecular flexibility index (Phi) is 5.42. The molecule has 0 aromatic rings. The van der Waals surface area contributed by atoms with Gasteiger partial charge in [0.2, 0.25) is 0 Å². The van der Waals surface area contributed by atoms with E-state index in [9.17, 15) is 15.0 Å². The first-order valence-corrected chi connectivity index (χ1v) is 12.2. The summed E-state index contributed by atoms with van der Waals surface area (Å²) in [6.07, 6.45) is 10.8. The fourth-order valence-electron chi connectivity index (χ4n) is 8.76. The summed E-state index contributed by atoms with van der Waals surface area (Å²) in [5.74, 6) is 3.17. The van der Waals surface area contributed by atoms with Gasteiger partial charge in [0.25, 0.3) is 0 Å². The van der Waals surface area contributed by atoms with E-state index >= 15 is 0 Å². The van der Waals surface area contributed by atoms with E-state index in [0.717, 1.165) is 19.3 Å². The summed E-state index contributed by atoms with van der Waals surface area (Å²) >= 11 is 0. The van der Waals surface area contributed by atoms with E-state index in [-0.39, 0.29) is 6.42 Å². The largest absolute Gasteiger partial charge is 0.399 e. The van der Waals surface area contributed by atoms with Gasteiger partial charge in [0.1, 0.15) is 13.6 Å². The van der Waals surface area contributed by atoms with E-state index < -0.39 is 16.5 Å². The van der Waals surface area contributed by atoms with E-state index in [1.165, 1.54) is 24.8 Å². The monoisotopic (exact) mass is 412 g/mol. The average Bonchev–Trinajstić information content (AvgIpc) is 2.97. The number of fused-ring (bicyclic) bond motifs is 5. The number of carbonyl (C=O) groups excluding carboxylic acids is 1. The number of aliphatic hydroxyl groups is 2. The van der Waals surface area contributed by atoms with Gasteiger partial charge in [0.15, 0.2) is 0 Å². The van der Waals surface area contributed by atoms with Crippen molar-refractivity contribution in [2.24, 2.45) is 40.4 Å². The highest BCUT2D eigenvalue weighted by Gasteiger charge is 2.64. The van der Waals surface area contributed by atoms with Gasteiger partial charge in [-0.1, -0.05) is 32.4 Å². The quantitative estimate of drug-likeness (QED) is 0.516. The second-order valence-electron chi connectivity index (χ2n) is 12.3. The second kappa shape index (κ2) is 7.20. The lowest BCUT2D eigenvalue weighted by molar-refractivity contribution is -0.147. The summed E-state index contributed by atoms with van der Waals surface area (Å²) < 4.78 is 0. The topological polar surface area (TPSA) is 57.5 Å². The highest BCUT2D eigenvalue weighted by atomic mass is 16.3. The first-order chi connectivity index (χ1) is 13.8. The molecule has 0 amide bonds. The molecule has 4 aliphatic rings. The summed E-state index contributed by atoms with van der Waals surface area (Å²) in [6.45, 7) is 10.6. The Labute approximate surface area is 184 Å². The fraction of sp³-hybridized carbons (Fsp3) is 0.885. The van der Waals surface area contributed by atoms with Gasteiger partial charge in [0, 0.05) is 17.3 Å². The molecule has 3 fully saturated rings. The predicted octanol–water partition coefficient (Wildman–Crippen LogP) is 4.79. The SMILES string of the molecule is [B]C1(O)C[C@](C)(O)CC2=CCC3C4CCC([C@H](C)CCC(C)=O)C4(C)CCC3C21C. The highest BCUT2D eigenvalue weighted by Crippen LogP contribution is 2.68. The molecule has 4 aliphatic carbocycles. The van der Waals surface area contributed by atoms with Gasteiger partial charge in [-0.25, -0.2) is 0 Å². The van der Waals surface area contributed by atoms with Crippen molar-refractivity contribution in [2.75, 3.05) is 0 Å². The lowest BCUT2D eigenvalue weighted by Gasteiger charge is -2.64. The zero-order chi connectivity index (χ0) is 22.1. The summed E-state index contributed by atoms with van der Waals surface area (Å²) in [6, 6.07) is 0. The zero-order valence-electron chi connectivity index (χ0n) is 19.7. The normalized spacial score (nSPS) is 51.4. The minimum absolute atomic E-state index is 0.240. The van der Waals surface area contributed by atoms with Crippen molar-refractivity contribution in [2.45, 2.75) is 104 Å². The van der Waals surface area contributed by atoms with Gasteiger partial charge in [-0.3, -0.25) is 0 Å². The van der Waals surface area contributed by atoms with Gasteiger partial charge in [0.05, 0.1) is 5.60 Å². The maximum absolute atomic E-state index is 11.5. The Balaban J connectivity index is 1.61. The van der Waals surface area contributed by atoms with Gasteiger partial charge in [-0.05, 0) is 100 Å². The van der Waals surface area contributed by atoms with Crippen LogP contribution < -0.4 is 0 Å². The molecule has 166 valence electrons. The number of rotatable bonds is 4. The third kappa shape index (κ3) is 3.27. The summed E-state index contributed by atoms with van der Waals surface area (Å²) in [5, 5.41) is 22.1. The molecule has 9 atom stereocenters. The molecule has 2 radical (unpaired) electrons. The lowest BCUT2D eigenvalue weighted by atomic mass is 9.39. The van der Waals surface area contributed by atoms with Crippen LogP contribution in [0.3, 0.4) is 0 Å². The molecule has 2 N–H and O–H groups in total. The molecule has 4 heteroatoms. The second-order valence-corrected chi connectivity index (χ2v) is 12.3. The molecule has 0 heterocycles. The molecule has 7 unspecified atom stereocenters. The number of allylic oxidation sites excluding steroid dienone is 1. The van der Waals surface area contributed by atoms with Crippen LogP contribution in [0.2, 0.25) is 0 Å². The van der Waals surface area contributed by atoms with E-state index in [1.54, 1.807) is 13.8 Å². The molecule has 0 spiro atoms. The van der Waals surface area contributed by atoms with Crippen molar-refractivity contribution in [1.82, 2.24) is 0 Å². The Morgan fingerprint density at radius 2 is 1.90 bits per heavy atom.